The molecule has 0 amide bonds. The van der Waals surface area contributed by atoms with Crippen LogP contribution in [-0.2, 0) is 16.2 Å². The molecule has 0 aliphatic carbocycles. The Balaban J connectivity index is 2.22. The molecule has 0 bridgehead atoms. The van der Waals surface area contributed by atoms with Crippen molar-refractivity contribution in [2.24, 2.45) is 0 Å². The number of hydrogen-bond acceptors (Lipinski definition) is 5. The van der Waals surface area contributed by atoms with Gasteiger partial charge in [0.1, 0.15) is 0 Å². The Labute approximate surface area is 123 Å². The van der Waals surface area contributed by atoms with Crippen molar-refractivity contribution in [1.82, 2.24) is 10.1 Å². The monoisotopic (exact) mass is 299 g/mol. The highest BCUT2D eigenvalue weighted by atomic mass is 32.2. The maximum absolute atomic E-state index is 12.3. The summed E-state index contributed by atoms with van der Waals surface area (Å²) >= 11 is 0. The normalized spacial score (nSPS) is 23.1. The van der Waals surface area contributed by atoms with Crippen molar-refractivity contribution in [2.45, 2.75) is 57.6 Å². The van der Waals surface area contributed by atoms with E-state index in [1.807, 2.05) is 0 Å². The van der Waals surface area contributed by atoms with Crippen LogP contribution in [0.25, 0.3) is 0 Å². The molecule has 114 valence electrons. The second-order valence-corrected chi connectivity index (χ2v) is 8.48. The molecule has 6 heteroatoms. The van der Waals surface area contributed by atoms with Crippen molar-refractivity contribution in [1.29, 1.82) is 0 Å². The lowest BCUT2D eigenvalue weighted by Crippen LogP contribution is -2.53. The van der Waals surface area contributed by atoms with E-state index in [1.165, 1.54) is 0 Å². The van der Waals surface area contributed by atoms with E-state index in [0.717, 1.165) is 25.9 Å². The Bertz CT molecular complexity index is 489. The van der Waals surface area contributed by atoms with Crippen LogP contribution in [0.15, 0.2) is 4.52 Å². The Morgan fingerprint density at radius 2 is 2.00 bits per heavy atom. The summed E-state index contributed by atoms with van der Waals surface area (Å²) < 4.78 is 17.6. The van der Waals surface area contributed by atoms with Gasteiger partial charge in [0.2, 0.25) is 5.89 Å². The third kappa shape index (κ3) is 2.75. The first kappa shape index (κ1) is 15.5. The van der Waals surface area contributed by atoms with Crippen LogP contribution >= 0.6 is 0 Å². The molecule has 1 unspecified atom stereocenters. The first-order chi connectivity index (χ1) is 9.32. The smallest absolute Gasteiger partial charge is 0.266 e. The van der Waals surface area contributed by atoms with Crippen molar-refractivity contribution in [3.63, 3.8) is 0 Å². The van der Waals surface area contributed by atoms with Gasteiger partial charge < -0.3 is 9.42 Å². The van der Waals surface area contributed by atoms with Gasteiger partial charge in [-0.1, -0.05) is 34.6 Å². The first-order valence-corrected chi connectivity index (χ1v) is 8.62. The van der Waals surface area contributed by atoms with Crippen LogP contribution in [0.1, 0.15) is 53.4 Å². The summed E-state index contributed by atoms with van der Waals surface area (Å²) in [7, 11) is -0.769. The molecular formula is C14H25N3O2S. The number of aromatic nitrogens is 2. The molecule has 0 N–H and O–H groups in total. The van der Waals surface area contributed by atoms with Gasteiger partial charge in [0.25, 0.3) is 5.95 Å². The van der Waals surface area contributed by atoms with Crippen molar-refractivity contribution in [3.8, 4) is 0 Å². The molecule has 2 heterocycles. The molecular weight excluding hydrogens is 274 g/mol. The van der Waals surface area contributed by atoms with Crippen LogP contribution in [0.2, 0.25) is 0 Å². The number of hydrogen-bond donors (Lipinski definition) is 0. The van der Waals surface area contributed by atoms with Crippen molar-refractivity contribution in [2.75, 3.05) is 23.7 Å². The van der Waals surface area contributed by atoms with E-state index in [9.17, 15) is 4.21 Å². The summed E-state index contributed by atoms with van der Waals surface area (Å²) in [4.78, 5) is 6.63. The van der Waals surface area contributed by atoms with Crippen molar-refractivity contribution in [3.05, 3.63) is 5.89 Å². The molecule has 20 heavy (non-hydrogen) atoms. The highest BCUT2D eigenvalue weighted by molar-refractivity contribution is 7.86. The van der Waals surface area contributed by atoms with E-state index in [4.69, 9.17) is 4.52 Å². The molecule has 1 aromatic heterocycles. The molecule has 1 aliphatic rings. The maximum Gasteiger partial charge on any atom is 0.266 e. The van der Waals surface area contributed by atoms with E-state index >= 15 is 0 Å². The number of rotatable bonds is 3. The second-order valence-electron chi connectivity index (χ2n) is 6.51. The highest BCUT2D eigenvalue weighted by Crippen LogP contribution is 2.31. The highest BCUT2D eigenvalue weighted by Gasteiger charge is 2.40. The Morgan fingerprint density at radius 1 is 1.35 bits per heavy atom. The quantitative estimate of drug-likeness (QED) is 0.858. The zero-order valence-corrected chi connectivity index (χ0v) is 13.9. The molecule has 1 saturated heterocycles. The van der Waals surface area contributed by atoms with Gasteiger partial charge in [-0.25, -0.2) is 0 Å². The van der Waals surface area contributed by atoms with Crippen molar-refractivity contribution < 1.29 is 8.73 Å². The minimum Gasteiger partial charge on any atom is -0.337 e. The fourth-order valence-corrected chi connectivity index (χ4v) is 4.29. The van der Waals surface area contributed by atoms with Crippen molar-refractivity contribution >= 4 is 16.7 Å². The van der Waals surface area contributed by atoms with Gasteiger partial charge in [-0.2, -0.15) is 4.98 Å². The van der Waals surface area contributed by atoms with Crippen LogP contribution in [0.5, 0.6) is 0 Å². The minimum absolute atomic E-state index is 0.138. The molecule has 0 saturated carbocycles. The summed E-state index contributed by atoms with van der Waals surface area (Å²) in [6.45, 7) is 11.9. The van der Waals surface area contributed by atoms with Gasteiger partial charge in [-0.3, -0.25) is 4.21 Å². The van der Waals surface area contributed by atoms with Gasteiger partial charge in [0.15, 0.2) is 0 Å². The fraction of sp³-hybridized carbons (Fsp3) is 0.857. The second kappa shape index (κ2) is 5.47. The Morgan fingerprint density at radius 3 is 2.50 bits per heavy atom. The lowest BCUT2D eigenvalue weighted by Gasteiger charge is -2.40. The predicted molar refractivity (Wildman–Crippen MR) is 81.5 cm³/mol. The largest absolute Gasteiger partial charge is 0.337 e. The molecule has 1 atom stereocenters. The number of anilines is 1. The minimum atomic E-state index is -0.769. The average Bonchev–Trinajstić information content (AvgIpc) is 2.89. The van der Waals surface area contributed by atoms with Crippen LogP contribution in [0, 0.1) is 0 Å². The van der Waals surface area contributed by atoms with Crippen LogP contribution in [0.3, 0.4) is 0 Å². The fourth-order valence-electron chi connectivity index (χ4n) is 2.52. The van der Waals surface area contributed by atoms with Gasteiger partial charge in [-0.15, -0.1) is 0 Å². The standard InChI is InChI=1S/C14H25N3O2S/c1-6-14(7-2)10-17(8-9-20(14)18)12-15-11(19-16-12)13(3,4)5/h6-10H2,1-5H3. The van der Waals surface area contributed by atoms with E-state index in [0.29, 0.717) is 17.6 Å². The van der Waals surface area contributed by atoms with Gasteiger partial charge in [0.05, 0.1) is 4.75 Å². The maximum atomic E-state index is 12.3. The average molecular weight is 299 g/mol. The third-order valence-corrected chi connectivity index (χ3v) is 6.36. The number of nitrogens with zero attached hydrogens (tertiary/aromatic N) is 3. The van der Waals surface area contributed by atoms with E-state index in [-0.39, 0.29) is 10.2 Å². The van der Waals surface area contributed by atoms with Crippen LogP contribution in [-0.4, -0.2) is 37.9 Å². The lowest BCUT2D eigenvalue weighted by atomic mass is 9.97. The summed E-state index contributed by atoms with van der Waals surface area (Å²) in [5.41, 5.74) is -0.142. The zero-order chi connectivity index (χ0) is 15.0. The molecule has 1 aromatic rings. The lowest BCUT2D eigenvalue weighted by molar-refractivity contribution is 0.320. The SMILES string of the molecule is CCC1(CC)CN(c2noc(C(C)(C)C)n2)CCS1=O. The molecule has 0 spiro atoms. The van der Waals surface area contributed by atoms with E-state index < -0.39 is 10.8 Å². The summed E-state index contributed by atoms with van der Waals surface area (Å²) in [6, 6.07) is 0. The molecule has 1 aliphatic heterocycles. The summed E-state index contributed by atoms with van der Waals surface area (Å²) in [5, 5.41) is 4.11. The van der Waals surface area contributed by atoms with Crippen LogP contribution in [0.4, 0.5) is 5.95 Å². The summed E-state index contributed by atoms with van der Waals surface area (Å²) in [6.07, 6.45) is 1.83. The molecule has 1 fully saturated rings. The molecule has 0 radical (unpaired) electrons. The third-order valence-electron chi connectivity index (χ3n) is 4.14. The zero-order valence-electron chi connectivity index (χ0n) is 13.1. The first-order valence-electron chi connectivity index (χ1n) is 7.30. The van der Waals surface area contributed by atoms with Gasteiger partial charge in [-0.05, 0) is 18.0 Å². The Kier molecular flexibility index (Phi) is 4.23. The molecule has 2 rings (SSSR count). The van der Waals surface area contributed by atoms with Crippen LogP contribution < -0.4 is 4.90 Å². The predicted octanol–water partition coefficient (Wildman–Crippen LogP) is 2.49. The molecule has 5 nitrogen and oxygen atoms in total. The van der Waals surface area contributed by atoms with E-state index in [2.05, 4.69) is 49.7 Å². The van der Waals surface area contributed by atoms with E-state index in [1.54, 1.807) is 0 Å². The Hall–Kier alpha value is -0.910. The molecule has 0 aromatic carbocycles. The topological polar surface area (TPSA) is 59.2 Å². The van der Waals surface area contributed by atoms with Gasteiger partial charge in [0, 0.05) is 35.1 Å². The van der Waals surface area contributed by atoms with Gasteiger partial charge >= 0.3 is 0 Å². The summed E-state index contributed by atoms with van der Waals surface area (Å²) in [5.74, 6) is 1.97.